The summed E-state index contributed by atoms with van der Waals surface area (Å²) in [6.07, 6.45) is 38.5. The van der Waals surface area contributed by atoms with Crippen LogP contribution in [0.5, 0.6) is 0 Å². The molecule has 4 heterocycles. The number of nitrogens with zero attached hydrogens (tertiary/aromatic N) is 3. The molecule has 23 rings (SSSR count). The van der Waals surface area contributed by atoms with Crippen molar-refractivity contribution in [3.8, 4) is 44.5 Å². The number of rotatable bonds is 9. The van der Waals surface area contributed by atoms with Crippen molar-refractivity contribution in [2.24, 2.45) is 63.1 Å². The Morgan fingerprint density at radius 1 is 0.348 bits per heavy atom. The molecule has 3 saturated carbocycles. The van der Waals surface area contributed by atoms with E-state index in [2.05, 4.69) is 371 Å². The lowest BCUT2D eigenvalue weighted by Gasteiger charge is -2.58. The summed E-state index contributed by atoms with van der Waals surface area (Å²) in [6.45, 7) is 28.9. The second kappa shape index (κ2) is 25.9. The second-order valence-corrected chi connectivity index (χ2v) is 40.3. The summed E-state index contributed by atoms with van der Waals surface area (Å²) in [4.78, 5) is 8.72. The molecule has 2 saturated heterocycles. The molecule has 14 aliphatic rings. The van der Waals surface area contributed by atoms with Crippen LogP contribution in [0.15, 0.2) is 334 Å². The molecule has 5 fully saturated rings. The lowest BCUT2D eigenvalue weighted by molar-refractivity contribution is 0.0900. The molecule has 0 spiro atoms. The number of fused-ring (bicyclic) bond motifs is 4. The van der Waals surface area contributed by atoms with Crippen LogP contribution in [0.3, 0.4) is 0 Å². The summed E-state index contributed by atoms with van der Waals surface area (Å²) < 4.78 is 0. The quantitative estimate of drug-likeness (QED) is 0.133. The van der Waals surface area contributed by atoms with Crippen LogP contribution >= 0.6 is 0 Å². The molecule has 9 aromatic rings. The predicted molar refractivity (Wildman–Crippen MR) is 487 cm³/mol. The van der Waals surface area contributed by atoms with Crippen molar-refractivity contribution in [3.05, 3.63) is 346 Å². The number of para-hydroxylation sites is 2. The van der Waals surface area contributed by atoms with Gasteiger partial charge in [-0.15, -0.1) is 0 Å². The number of anilines is 7. The van der Waals surface area contributed by atoms with Gasteiger partial charge in [0.25, 0.3) is 6.71 Å². The first-order valence-electron chi connectivity index (χ1n) is 43.4. The fraction of sp³-hybridized carbons (Fsp3) is 0.297. The van der Waals surface area contributed by atoms with Crippen molar-refractivity contribution in [2.45, 2.75) is 147 Å². The Balaban J connectivity index is 0.885. The Morgan fingerprint density at radius 2 is 0.783 bits per heavy atom. The Kier molecular flexibility index (Phi) is 16.0. The second-order valence-electron chi connectivity index (χ2n) is 40.3. The van der Waals surface area contributed by atoms with E-state index in [1.54, 1.807) is 16.7 Å². The molecule has 4 heteroatoms. The van der Waals surface area contributed by atoms with Crippen LogP contribution in [0.1, 0.15) is 146 Å². The number of hydrogen-bond acceptors (Lipinski definition) is 3. The van der Waals surface area contributed by atoms with Crippen LogP contribution in [-0.4, -0.2) is 18.8 Å². The zero-order valence-electron chi connectivity index (χ0n) is 69.3. The fourth-order valence-corrected chi connectivity index (χ4v) is 23.7. The molecule has 0 amide bonds. The van der Waals surface area contributed by atoms with Crippen molar-refractivity contribution in [3.63, 3.8) is 0 Å². The molecule has 0 aromatic heterocycles. The van der Waals surface area contributed by atoms with E-state index >= 15 is 0 Å². The van der Waals surface area contributed by atoms with Gasteiger partial charge in [-0.2, -0.15) is 0 Å². The van der Waals surface area contributed by atoms with Crippen molar-refractivity contribution in [1.82, 2.24) is 0 Å². The largest absolute Gasteiger partial charge is 0.365 e. The van der Waals surface area contributed by atoms with Gasteiger partial charge in [0, 0.05) is 86.4 Å². The molecule has 3 nitrogen and oxygen atoms in total. The third kappa shape index (κ3) is 11.4. The zero-order valence-corrected chi connectivity index (χ0v) is 69.3. The van der Waals surface area contributed by atoms with Gasteiger partial charge in [-0.05, 0) is 221 Å². The molecular formula is C111H106BN3. The number of piperidine rings is 2. The first-order valence-corrected chi connectivity index (χ1v) is 43.4. The topological polar surface area (TPSA) is 9.72 Å². The third-order valence-corrected chi connectivity index (χ3v) is 29.2. The van der Waals surface area contributed by atoms with Gasteiger partial charge >= 0.3 is 0 Å². The third-order valence-electron chi connectivity index (χ3n) is 29.2. The minimum atomic E-state index is -0.184. The van der Waals surface area contributed by atoms with Crippen LogP contribution in [0.25, 0.3) is 55.7 Å². The average Bonchev–Trinajstić information content (AvgIpc) is 0.684. The van der Waals surface area contributed by atoms with E-state index in [9.17, 15) is 0 Å². The molecule has 568 valence electrons. The first-order chi connectivity index (χ1) is 55.5. The average molecular weight is 1490 g/mol. The molecule has 5 atom stereocenters. The lowest BCUT2D eigenvalue weighted by atomic mass is 9.33. The Labute approximate surface area is 683 Å². The minimum absolute atomic E-state index is 0.00205. The SMILES string of the molecule is CC(C)(C)C1=CC2=CC(c3ccc4c(c3)N(c3c(-c5ccccc5)cccc3-c3ccccc3)c3cc(N5C6CC7CC(C6)CC5C7)cc5c3B4c3ccc(C4=C6C=C(C(C)(C)C)CC7C=CC8=CC(C(C)(C)C)=CC(=C4)C8C67)cc3N5c3c(-c4ccccc4)cccc3-c3ccccc3)=C3C=C(C(C)(C)C)C=C4CCC(=C1)C2C43. The van der Waals surface area contributed by atoms with Crippen molar-refractivity contribution in [1.29, 1.82) is 0 Å². The highest BCUT2D eigenvalue weighted by molar-refractivity contribution is 7.00. The molecule has 0 radical (unpaired) electrons. The van der Waals surface area contributed by atoms with Gasteiger partial charge in [0.1, 0.15) is 0 Å². The van der Waals surface area contributed by atoms with E-state index in [0.717, 1.165) is 31.1 Å². The van der Waals surface area contributed by atoms with E-state index in [1.807, 2.05) is 0 Å². The van der Waals surface area contributed by atoms with E-state index < -0.39 is 0 Å². The highest BCUT2D eigenvalue weighted by Gasteiger charge is 2.53. The number of benzene rings is 9. The summed E-state index contributed by atoms with van der Waals surface area (Å²) >= 11 is 0. The van der Waals surface area contributed by atoms with Crippen molar-refractivity contribution in [2.75, 3.05) is 14.7 Å². The van der Waals surface area contributed by atoms with Gasteiger partial charge in [0.05, 0.1) is 11.4 Å². The van der Waals surface area contributed by atoms with Crippen molar-refractivity contribution >= 4 is 74.1 Å². The van der Waals surface area contributed by atoms with Crippen LogP contribution in [0.4, 0.5) is 39.8 Å². The summed E-state index contributed by atoms with van der Waals surface area (Å²) in [5, 5.41) is 0. The van der Waals surface area contributed by atoms with Crippen LogP contribution in [-0.2, 0) is 0 Å². The minimum Gasteiger partial charge on any atom is -0.365 e. The van der Waals surface area contributed by atoms with E-state index in [4.69, 9.17) is 0 Å². The molecule has 115 heavy (non-hydrogen) atoms. The smallest absolute Gasteiger partial charge is 0.252 e. The molecule has 10 aliphatic carbocycles. The maximum atomic E-state index is 3.01. The van der Waals surface area contributed by atoms with Gasteiger partial charge in [-0.25, -0.2) is 0 Å². The highest BCUT2D eigenvalue weighted by Crippen LogP contribution is 2.63. The molecule has 4 bridgehead atoms. The fourth-order valence-electron chi connectivity index (χ4n) is 23.7. The summed E-state index contributed by atoms with van der Waals surface area (Å²) in [5.41, 5.74) is 44.0. The summed E-state index contributed by atoms with van der Waals surface area (Å²) in [6, 6.07) is 82.2. The number of hydrogen-bond donors (Lipinski definition) is 0. The Bertz CT molecular complexity index is 5910. The summed E-state index contributed by atoms with van der Waals surface area (Å²) in [7, 11) is 0. The maximum absolute atomic E-state index is 3.01. The van der Waals surface area contributed by atoms with Gasteiger partial charge in [-0.1, -0.05) is 349 Å². The maximum Gasteiger partial charge on any atom is 0.252 e. The molecular weight excluding hydrogens is 1390 g/mol. The van der Waals surface area contributed by atoms with Crippen LogP contribution in [0.2, 0.25) is 0 Å². The van der Waals surface area contributed by atoms with E-state index in [-0.39, 0.29) is 34.3 Å². The lowest BCUT2D eigenvalue weighted by Crippen LogP contribution is -2.62. The van der Waals surface area contributed by atoms with Gasteiger partial charge in [0.2, 0.25) is 0 Å². The molecule has 9 aromatic carbocycles. The Morgan fingerprint density at radius 3 is 1.24 bits per heavy atom. The van der Waals surface area contributed by atoms with Crippen molar-refractivity contribution < 1.29 is 0 Å². The normalized spacial score (nSPS) is 24.5. The first kappa shape index (κ1) is 70.9. The van der Waals surface area contributed by atoms with Gasteiger partial charge in [-0.3, -0.25) is 0 Å². The monoisotopic (exact) mass is 1490 g/mol. The van der Waals surface area contributed by atoms with Crippen LogP contribution < -0.4 is 31.1 Å². The summed E-state index contributed by atoms with van der Waals surface area (Å²) in [5.74, 6) is 3.14. The Hall–Kier alpha value is -10.7. The highest BCUT2D eigenvalue weighted by atomic mass is 15.2. The predicted octanol–water partition coefficient (Wildman–Crippen LogP) is 27.2. The standard InChI is InChI=1S/C111H106BN3/c1-108(2,3)80-52-74-39-41-76-54-82(110(7,8)9)62-93-91(58-78(56-80)101(74)103(76)93)72-43-45-95-97(60-72)114(106-87(68-27-17-13-18-28-68)35-25-36-88(106)69-29-19-14-20-30-69)99-64-86(113-84-48-66-47-67(50-84)51-85(113)49-66)65-100-105(99)112(95)96-46-44-73(61-98(96)115(100)107-89(70-31-21-15-22-32-70)37-26-38-90(107)71-33-23-16-24-34-71)92-59-79-57-81(109(4,5)6)53-75-40-42-77-55-83(111(10,11)12)63-94(92)104(77)102(75)79/h13-39,41,43-46,52-53,55-67,76,84-85,101-104H,40,42,47-51,54H2,1-12H3. The molecule has 4 aliphatic heterocycles. The number of allylic oxidation sites excluding steroid dienone is 24. The molecule has 5 unspecified atom stereocenters. The van der Waals surface area contributed by atoms with Crippen LogP contribution in [0, 0.1) is 63.1 Å². The van der Waals surface area contributed by atoms with E-state index in [0.29, 0.717) is 35.8 Å². The van der Waals surface area contributed by atoms with Gasteiger partial charge < -0.3 is 14.7 Å². The van der Waals surface area contributed by atoms with Gasteiger partial charge in [0.15, 0.2) is 0 Å². The van der Waals surface area contributed by atoms with E-state index in [1.165, 1.54) is 200 Å². The zero-order chi connectivity index (χ0) is 78.0. The molecule has 0 N–H and O–H groups in total.